The standard InChI is InChI=1S/C18H20N4O2/c1-23-15-8-5-13(9-16(15)24-2)10-17-20-18(22-21-17)14-6-3-12(11-19)4-7-14/h3-9H,10-11,19H2,1-2H3,(H,20,21,22). The average molecular weight is 324 g/mol. The molecule has 0 bridgehead atoms. The van der Waals surface area contributed by atoms with Gasteiger partial charge in [-0.25, -0.2) is 4.98 Å². The lowest BCUT2D eigenvalue weighted by Gasteiger charge is -2.08. The molecule has 3 rings (SSSR count). The van der Waals surface area contributed by atoms with Gasteiger partial charge in [-0.15, -0.1) is 0 Å². The number of nitrogens with zero attached hydrogens (tertiary/aromatic N) is 2. The maximum absolute atomic E-state index is 5.62. The number of ether oxygens (including phenoxy) is 2. The summed E-state index contributed by atoms with van der Waals surface area (Å²) in [6.45, 7) is 0.527. The third-order valence-electron chi connectivity index (χ3n) is 3.80. The second-order valence-electron chi connectivity index (χ2n) is 5.37. The van der Waals surface area contributed by atoms with E-state index in [9.17, 15) is 0 Å². The number of nitrogens with two attached hydrogens (primary N) is 1. The van der Waals surface area contributed by atoms with Crippen molar-refractivity contribution in [3.63, 3.8) is 0 Å². The van der Waals surface area contributed by atoms with Crippen molar-refractivity contribution >= 4 is 0 Å². The van der Waals surface area contributed by atoms with Crippen LogP contribution in [0.2, 0.25) is 0 Å². The Balaban J connectivity index is 1.78. The molecule has 0 amide bonds. The number of aromatic nitrogens is 3. The van der Waals surface area contributed by atoms with E-state index in [4.69, 9.17) is 15.2 Å². The van der Waals surface area contributed by atoms with Crippen LogP contribution in [0.3, 0.4) is 0 Å². The van der Waals surface area contributed by atoms with Gasteiger partial charge in [0.05, 0.1) is 14.2 Å². The van der Waals surface area contributed by atoms with Crippen LogP contribution in [0.15, 0.2) is 42.5 Å². The maximum atomic E-state index is 5.62. The van der Waals surface area contributed by atoms with Crippen molar-refractivity contribution in [2.45, 2.75) is 13.0 Å². The van der Waals surface area contributed by atoms with Gasteiger partial charge in [-0.3, -0.25) is 5.10 Å². The average Bonchev–Trinajstić information content (AvgIpc) is 3.10. The first kappa shape index (κ1) is 16.0. The molecular weight excluding hydrogens is 304 g/mol. The van der Waals surface area contributed by atoms with Crippen LogP contribution in [0.5, 0.6) is 11.5 Å². The number of rotatable bonds is 6. The minimum Gasteiger partial charge on any atom is -0.493 e. The van der Waals surface area contributed by atoms with Crippen LogP contribution in [0, 0.1) is 0 Å². The largest absolute Gasteiger partial charge is 0.493 e. The van der Waals surface area contributed by atoms with E-state index in [1.54, 1.807) is 14.2 Å². The molecule has 3 aromatic rings. The molecule has 0 radical (unpaired) electrons. The van der Waals surface area contributed by atoms with E-state index in [1.165, 1.54) is 0 Å². The van der Waals surface area contributed by atoms with Gasteiger partial charge in [0.25, 0.3) is 0 Å². The van der Waals surface area contributed by atoms with Gasteiger partial charge in [0.15, 0.2) is 17.3 Å². The molecule has 0 spiro atoms. The van der Waals surface area contributed by atoms with Crippen LogP contribution in [0.25, 0.3) is 11.4 Å². The Morgan fingerprint density at radius 2 is 1.67 bits per heavy atom. The van der Waals surface area contributed by atoms with Gasteiger partial charge >= 0.3 is 0 Å². The smallest absolute Gasteiger partial charge is 0.181 e. The zero-order valence-corrected chi connectivity index (χ0v) is 13.7. The van der Waals surface area contributed by atoms with Crippen LogP contribution in [0.4, 0.5) is 0 Å². The van der Waals surface area contributed by atoms with Crippen molar-refractivity contribution in [1.29, 1.82) is 0 Å². The van der Waals surface area contributed by atoms with E-state index in [2.05, 4.69) is 15.2 Å². The lowest BCUT2D eigenvalue weighted by atomic mass is 10.1. The summed E-state index contributed by atoms with van der Waals surface area (Å²) in [6, 6.07) is 13.7. The molecule has 0 saturated carbocycles. The highest BCUT2D eigenvalue weighted by molar-refractivity contribution is 5.55. The summed E-state index contributed by atoms with van der Waals surface area (Å²) in [6.07, 6.45) is 0.633. The molecule has 0 saturated heterocycles. The molecule has 0 unspecified atom stereocenters. The third kappa shape index (κ3) is 3.38. The molecule has 6 heteroatoms. The van der Waals surface area contributed by atoms with Crippen LogP contribution in [0.1, 0.15) is 17.0 Å². The molecule has 2 aromatic carbocycles. The second-order valence-corrected chi connectivity index (χ2v) is 5.37. The summed E-state index contributed by atoms with van der Waals surface area (Å²) >= 11 is 0. The van der Waals surface area contributed by atoms with E-state index in [0.717, 1.165) is 22.5 Å². The first-order valence-corrected chi connectivity index (χ1v) is 7.65. The van der Waals surface area contributed by atoms with E-state index >= 15 is 0 Å². The molecule has 124 valence electrons. The van der Waals surface area contributed by atoms with Gasteiger partial charge in [0.2, 0.25) is 0 Å². The number of nitrogens with one attached hydrogen (secondary N) is 1. The van der Waals surface area contributed by atoms with Gasteiger partial charge in [0, 0.05) is 18.5 Å². The fourth-order valence-corrected chi connectivity index (χ4v) is 2.48. The van der Waals surface area contributed by atoms with E-state index in [0.29, 0.717) is 30.3 Å². The maximum Gasteiger partial charge on any atom is 0.181 e. The van der Waals surface area contributed by atoms with E-state index in [1.807, 2.05) is 42.5 Å². The summed E-state index contributed by atoms with van der Waals surface area (Å²) in [4.78, 5) is 4.56. The first-order valence-electron chi connectivity index (χ1n) is 7.65. The van der Waals surface area contributed by atoms with Crippen molar-refractivity contribution in [3.05, 3.63) is 59.4 Å². The molecule has 24 heavy (non-hydrogen) atoms. The summed E-state index contributed by atoms with van der Waals surface area (Å²) < 4.78 is 10.6. The topological polar surface area (TPSA) is 86.0 Å². The second kappa shape index (κ2) is 7.14. The first-order chi connectivity index (χ1) is 11.7. The quantitative estimate of drug-likeness (QED) is 0.728. The van der Waals surface area contributed by atoms with Gasteiger partial charge < -0.3 is 15.2 Å². The van der Waals surface area contributed by atoms with Crippen molar-refractivity contribution in [1.82, 2.24) is 15.2 Å². The Labute approximate surface area is 140 Å². The number of hydrogen-bond donors (Lipinski definition) is 2. The number of benzene rings is 2. The molecule has 6 nitrogen and oxygen atoms in total. The molecule has 0 atom stereocenters. The SMILES string of the molecule is COc1ccc(Cc2nc(-c3ccc(CN)cc3)n[nH]2)cc1OC. The highest BCUT2D eigenvalue weighted by Gasteiger charge is 2.09. The summed E-state index contributed by atoms with van der Waals surface area (Å²) in [5, 5.41) is 7.28. The zero-order valence-electron chi connectivity index (χ0n) is 13.7. The van der Waals surface area contributed by atoms with Gasteiger partial charge in [-0.1, -0.05) is 30.3 Å². The minimum absolute atomic E-state index is 0.527. The highest BCUT2D eigenvalue weighted by Crippen LogP contribution is 2.28. The van der Waals surface area contributed by atoms with E-state index in [-0.39, 0.29) is 0 Å². The summed E-state index contributed by atoms with van der Waals surface area (Å²) in [5.74, 6) is 2.88. The fraction of sp³-hybridized carbons (Fsp3) is 0.222. The van der Waals surface area contributed by atoms with Crippen LogP contribution >= 0.6 is 0 Å². The molecule has 3 N–H and O–H groups in total. The number of hydrogen-bond acceptors (Lipinski definition) is 5. The summed E-state index contributed by atoms with van der Waals surface area (Å²) in [5.41, 5.74) is 8.72. The Bertz CT molecular complexity index is 812. The molecule has 0 aliphatic rings. The Morgan fingerprint density at radius 1 is 0.958 bits per heavy atom. The normalized spacial score (nSPS) is 10.6. The number of methoxy groups -OCH3 is 2. The molecule has 0 aliphatic heterocycles. The minimum atomic E-state index is 0.527. The third-order valence-corrected chi connectivity index (χ3v) is 3.80. The summed E-state index contributed by atoms with van der Waals surface area (Å²) in [7, 11) is 3.25. The Kier molecular flexibility index (Phi) is 4.77. The fourth-order valence-electron chi connectivity index (χ4n) is 2.48. The van der Waals surface area contributed by atoms with Gasteiger partial charge in [0.1, 0.15) is 5.82 Å². The molecule has 1 aromatic heterocycles. The van der Waals surface area contributed by atoms with E-state index < -0.39 is 0 Å². The van der Waals surface area contributed by atoms with Crippen molar-refractivity contribution in [2.24, 2.45) is 5.73 Å². The van der Waals surface area contributed by atoms with Crippen molar-refractivity contribution in [3.8, 4) is 22.9 Å². The molecule has 0 fully saturated rings. The number of H-pyrrole nitrogens is 1. The predicted molar refractivity (Wildman–Crippen MR) is 92.1 cm³/mol. The van der Waals surface area contributed by atoms with Crippen LogP contribution in [-0.2, 0) is 13.0 Å². The van der Waals surface area contributed by atoms with Gasteiger partial charge in [-0.05, 0) is 23.3 Å². The highest BCUT2D eigenvalue weighted by atomic mass is 16.5. The van der Waals surface area contributed by atoms with Crippen molar-refractivity contribution in [2.75, 3.05) is 14.2 Å². The van der Waals surface area contributed by atoms with Crippen LogP contribution < -0.4 is 15.2 Å². The van der Waals surface area contributed by atoms with Gasteiger partial charge in [-0.2, -0.15) is 5.10 Å². The molecular formula is C18H20N4O2. The zero-order chi connectivity index (χ0) is 16.9. The monoisotopic (exact) mass is 324 g/mol. The van der Waals surface area contributed by atoms with Crippen LogP contribution in [-0.4, -0.2) is 29.4 Å². The lowest BCUT2D eigenvalue weighted by Crippen LogP contribution is -1.95. The number of aromatic amines is 1. The molecule has 0 aliphatic carbocycles. The Hall–Kier alpha value is -2.86. The Morgan fingerprint density at radius 3 is 2.33 bits per heavy atom. The van der Waals surface area contributed by atoms with Crippen molar-refractivity contribution < 1.29 is 9.47 Å². The predicted octanol–water partition coefficient (Wildman–Crippen LogP) is 2.54. The lowest BCUT2D eigenvalue weighted by molar-refractivity contribution is 0.354. The molecule has 1 heterocycles.